The number of benzene rings is 2. The summed E-state index contributed by atoms with van der Waals surface area (Å²) in [6, 6.07) is 3.89. The zero-order chi connectivity index (χ0) is 18.7. The SMILES string of the molecule is O=C(C=Cc1cc(O)c(O)c(O)c1)Nc1c(O)cc(O)cc1C(=O)O. The summed E-state index contributed by atoms with van der Waals surface area (Å²) < 4.78 is 0. The summed E-state index contributed by atoms with van der Waals surface area (Å²) in [4.78, 5) is 23.0. The number of hydrogen-bond acceptors (Lipinski definition) is 7. The Balaban J connectivity index is 2.25. The van der Waals surface area contributed by atoms with E-state index in [1.165, 1.54) is 6.08 Å². The van der Waals surface area contributed by atoms with E-state index in [1.807, 2.05) is 0 Å². The van der Waals surface area contributed by atoms with Gasteiger partial charge < -0.3 is 36.0 Å². The van der Waals surface area contributed by atoms with Crippen molar-refractivity contribution >= 4 is 23.6 Å². The summed E-state index contributed by atoms with van der Waals surface area (Å²) in [5.74, 6) is -5.32. The van der Waals surface area contributed by atoms with E-state index in [0.29, 0.717) is 0 Å². The van der Waals surface area contributed by atoms with Crippen molar-refractivity contribution < 1.29 is 40.2 Å². The lowest BCUT2D eigenvalue weighted by atomic mass is 10.1. The van der Waals surface area contributed by atoms with Gasteiger partial charge in [-0.2, -0.15) is 0 Å². The number of hydrogen-bond donors (Lipinski definition) is 7. The van der Waals surface area contributed by atoms with Crippen molar-refractivity contribution in [1.29, 1.82) is 0 Å². The quantitative estimate of drug-likeness (QED) is 0.248. The first-order valence-electron chi connectivity index (χ1n) is 6.72. The molecule has 2 aromatic rings. The third kappa shape index (κ3) is 3.91. The fraction of sp³-hybridized carbons (Fsp3) is 0. The second-order valence-corrected chi connectivity index (χ2v) is 4.92. The van der Waals surface area contributed by atoms with Gasteiger partial charge in [0.2, 0.25) is 5.91 Å². The normalized spacial score (nSPS) is 10.7. The van der Waals surface area contributed by atoms with Crippen LogP contribution >= 0.6 is 0 Å². The highest BCUT2D eigenvalue weighted by atomic mass is 16.4. The molecule has 0 aliphatic carbocycles. The van der Waals surface area contributed by atoms with Gasteiger partial charge in [-0.25, -0.2) is 4.79 Å². The molecule has 0 aromatic heterocycles. The lowest BCUT2D eigenvalue weighted by Gasteiger charge is -2.09. The van der Waals surface area contributed by atoms with Crippen LogP contribution in [0.15, 0.2) is 30.3 Å². The third-order valence-electron chi connectivity index (χ3n) is 3.10. The zero-order valence-corrected chi connectivity index (χ0v) is 12.5. The number of phenolic OH excluding ortho intramolecular Hbond substituents is 5. The number of nitrogens with one attached hydrogen (secondary N) is 1. The van der Waals surface area contributed by atoms with Gasteiger partial charge in [0.1, 0.15) is 11.5 Å². The number of aromatic carboxylic acids is 1. The highest BCUT2D eigenvalue weighted by Gasteiger charge is 2.17. The van der Waals surface area contributed by atoms with Crippen LogP contribution in [0.1, 0.15) is 15.9 Å². The Kier molecular flexibility index (Phi) is 4.69. The molecule has 0 aliphatic heterocycles. The van der Waals surface area contributed by atoms with E-state index < -0.39 is 51.9 Å². The summed E-state index contributed by atoms with van der Waals surface area (Å²) in [6.07, 6.45) is 2.12. The number of carbonyl (C=O) groups excluding carboxylic acids is 1. The van der Waals surface area contributed by atoms with Gasteiger partial charge in [0.25, 0.3) is 0 Å². The monoisotopic (exact) mass is 347 g/mol. The minimum absolute atomic E-state index is 0.177. The number of carbonyl (C=O) groups is 2. The molecular weight excluding hydrogens is 334 g/mol. The highest BCUT2D eigenvalue weighted by molar-refractivity contribution is 6.07. The van der Waals surface area contributed by atoms with Crippen LogP contribution in [0.4, 0.5) is 5.69 Å². The average molecular weight is 347 g/mol. The summed E-state index contributed by atoms with van der Waals surface area (Å²) in [5.41, 5.74) is -0.744. The van der Waals surface area contributed by atoms with E-state index in [1.54, 1.807) is 0 Å². The van der Waals surface area contributed by atoms with E-state index >= 15 is 0 Å². The van der Waals surface area contributed by atoms with E-state index in [9.17, 15) is 35.1 Å². The molecule has 9 nitrogen and oxygen atoms in total. The van der Waals surface area contributed by atoms with Crippen LogP contribution in [-0.2, 0) is 4.79 Å². The second-order valence-electron chi connectivity index (χ2n) is 4.92. The van der Waals surface area contributed by atoms with Gasteiger partial charge in [-0.05, 0) is 29.8 Å². The van der Waals surface area contributed by atoms with Gasteiger partial charge >= 0.3 is 5.97 Å². The maximum Gasteiger partial charge on any atom is 0.338 e. The summed E-state index contributed by atoms with van der Waals surface area (Å²) >= 11 is 0. The number of anilines is 1. The molecule has 7 N–H and O–H groups in total. The Labute approximate surface area is 140 Å². The minimum Gasteiger partial charge on any atom is -0.508 e. The third-order valence-corrected chi connectivity index (χ3v) is 3.10. The molecule has 0 atom stereocenters. The fourth-order valence-electron chi connectivity index (χ4n) is 1.97. The van der Waals surface area contributed by atoms with Gasteiger partial charge in [0.15, 0.2) is 17.2 Å². The van der Waals surface area contributed by atoms with E-state index in [4.69, 9.17) is 5.11 Å². The van der Waals surface area contributed by atoms with Crippen LogP contribution < -0.4 is 5.32 Å². The Morgan fingerprint density at radius 3 is 2.04 bits per heavy atom. The lowest BCUT2D eigenvalue weighted by molar-refractivity contribution is -0.111. The first-order chi connectivity index (χ1) is 11.7. The molecule has 0 saturated heterocycles. The average Bonchev–Trinajstić information content (AvgIpc) is 2.52. The van der Waals surface area contributed by atoms with Crippen molar-refractivity contribution in [3.8, 4) is 28.7 Å². The standard InChI is InChI=1S/C16H13NO8/c18-8-5-9(16(24)25)14(10(19)6-8)17-13(22)2-1-7-3-11(20)15(23)12(21)4-7/h1-6,18-21,23H,(H,17,22)(H,24,25). The lowest BCUT2D eigenvalue weighted by Crippen LogP contribution is -2.12. The maximum absolute atomic E-state index is 11.9. The summed E-state index contributed by atoms with van der Waals surface area (Å²) in [6.45, 7) is 0. The number of phenols is 5. The number of carboxylic acids is 1. The molecule has 0 heterocycles. The number of rotatable bonds is 4. The summed E-state index contributed by atoms with van der Waals surface area (Å²) in [5, 5.41) is 58.2. The number of carboxylic acid groups (broad SMARTS) is 1. The predicted molar refractivity (Wildman–Crippen MR) is 85.8 cm³/mol. The molecule has 0 aliphatic rings. The van der Waals surface area contributed by atoms with Crippen LogP contribution in [0, 0.1) is 0 Å². The minimum atomic E-state index is -1.47. The number of amides is 1. The Bertz CT molecular complexity index is 865. The van der Waals surface area contributed by atoms with Crippen molar-refractivity contribution in [1.82, 2.24) is 0 Å². The maximum atomic E-state index is 11.9. The predicted octanol–water partition coefficient (Wildman–Crippen LogP) is 1.56. The smallest absolute Gasteiger partial charge is 0.338 e. The zero-order valence-electron chi connectivity index (χ0n) is 12.5. The molecule has 130 valence electrons. The van der Waals surface area contributed by atoms with E-state index in [-0.39, 0.29) is 5.56 Å². The number of aromatic hydroxyl groups is 5. The van der Waals surface area contributed by atoms with Gasteiger partial charge in [-0.3, -0.25) is 4.79 Å². The molecule has 0 radical (unpaired) electrons. The molecule has 9 heteroatoms. The highest BCUT2D eigenvalue weighted by Crippen LogP contribution is 2.36. The van der Waals surface area contributed by atoms with Crippen LogP contribution in [-0.4, -0.2) is 42.5 Å². The van der Waals surface area contributed by atoms with Crippen molar-refractivity contribution in [2.24, 2.45) is 0 Å². The van der Waals surface area contributed by atoms with E-state index in [2.05, 4.69) is 5.32 Å². The molecule has 1 amide bonds. The Morgan fingerprint density at radius 2 is 1.48 bits per heavy atom. The van der Waals surface area contributed by atoms with Crippen LogP contribution in [0.3, 0.4) is 0 Å². The first kappa shape index (κ1) is 17.5. The first-order valence-corrected chi connectivity index (χ1v) is 6.72. The van der Waals surface area contributed by atoms with Crippen LogP contribution in [0.25, 0.3) is 6.08 Å². The Morgan fingerprint density at radius 1 is 0.880 bits per heavy atom. The van der Waals surface area contributed by atoms with Crippen LogP contribution in [0.5, 0.6) is 28.7 Å². The van der Waals surface area contributed by atoms with Crippen molar-refractivity contribution in [3.63, 3.8) is 0 Å². The van der Waals surface area contributed by atoms with Gasteiger partial charge in [0, 0.05) is 12.1 Å². The summed E-state index contributed by atoms with van der Waals surface area (Å²) in [7, 11) is 0. The van der Waals surface area contributed by atoms with Crippen molar-refractivity contribution in [3.05, 3.63) is 41.5 Å². The Hall–Kier alpha value is -3.88. The molecule has 25 heavy (non-hydrogen) atoms. The molecule has 0 fully saturated rings. The molecule has 0 saturated carbocycles. The largest absolute Gasteiger partial charge is 0.508 e. The molecule has 2 aromatic carbocycles. The van der Waals surface area contributed by atoms with Crippen LogP contribution in [0.2, 0.25) is 0 Å². The molecule has 0 unspecified atom stereocenters. The van der Waals surface area contributed by atoms with E-state index in [0.717, 1.165) is 30.3 Å². The fourth-order valence-corrected chi connectivity index (χ4v) is 1.97. The van der Waals surface area contributed by atoms with Crippen molar-refractivity contribution in [2.45, 2.75) is 0 Å². The molecule has 0 bridgehead atoms. The molecule has 2 rings (SSSR count). The van der Waals surface area contributed by atoms with Gasteiger partial charge in [-0.15, -0.1) is 0 Å². The van der Waals surface area contributed by atoms with Gasteiger partial charge in [-0.1, -0.05) is 0 Å². The van der Waals surface area contributed by atoms with Crippen molar-refractivity contribution in [2.75, 3.05) is 5.32 Å². The van der Waals surface area contributed by atoms with Gasteiger partial charge in [0.05, 0.1) is 11.3 Å². The molecule has 0 spiro atoms. The topological polar surface area (TPSA) is 168 Å². The second kappa shape index (κ2) is 6.71. The molecular formula is C16H13NO8.